The van der Waals surface area contributed by atoms with Crippen LogP contribution in [-0.2, 0) is 10.8 Å². The van der Waals surface area contributed by atoms with E-state index in [1.807, 2.05) is 0 Å². The molecule has 660 valence electrons. The number of fused-ring (bicyclic) bond motifs is 12. The molecule has 0 aromatic heterocycles. The fourth-order valence-corrected chi connectivity index (χ4v) is 23.4. The minimum absolute atomic E-state index is 0.206. The van der Waals surface area contributed by atoms with Gasteiger partial charge in [0.25, 0.3) is 20.1 Å². The monoisotopic (exact) mass is 1740 g/mol. The van der Waals surface area contributed by atoms with Gasteiger partial charge in [0.2, 0.25) is 0 Å². The fourth-order valence-electron chi connectivity index (χ4n) is 23.4. The van der Waals surface area contributed by atoms with Gasteiger partial charge in [-0.15, -0.1) is 0 Å². The lowest BCUT2D eigenvalue weighted by molar-refractivity contribution is 0.486. The standard InChI is InChI=1S/C122H115B3N6O3/c1-68-29-69(2)39-88(38-68)126(89-40-70(3)30-71(4)41-89)97-58-109-118-115(61-97)132-112-27-25-86(121(19,20)21)56-103(112)123(118)100-64-101-107(66-106(100)129(109)94-50-80(13)35-81(14)51-94)130(95-52-82(15)36-83(16)53-95)110-59-99(128(92-46-76(9)33-77(10)47-92)93-48-78(11)34-79(12)49-93)63-117-120(110)125(101)105-65-102-108(67-114(105)134-117)131(96-54-84(17)37-85(18)55-96)111-60-98(62-116-119(111)124(102)104-57-87(122(22,23)24)26-28-113(104)133-116)127(90-42-72(5)31-73(6)43-90)91-44-74(7)32-75(8)45-91/h25-67H,1-24H3. The molecular weight excluding hydrogens is 1630 g/mol. The van der Waals surface area contributed by atoms with Crippen molar-refractivity contribution in [3.8, 4) is 34.5 Å². The van der Waals surface area contributed by atoms with Crippen LogP contribution < -0.4 is 92.8 Å². The summed E-state index contributed by atoms with van der Waals surface area (Å²) < 4.78 is 23.9. The lowest BCUT2D eigenvalue weighted by atomic mass is 9.29. The van der Waals surface area contributed by atoms with Crippen LogP contribution in [-0.4, -0.2) is 20.1 Å². The van der Waals surface area contributed by atoms with Crippen molar-refractivity contribution >= 4 is 172 Å². The van der Waals surface area contributed by atoms with E-state index in [1.54, 1.807) is 0 Å². The largest absolute Gasteiger partial charge is 0.458 e. The van der Waals surface area contributed by atoms with E-state index in [1.165, 1.54) is 99.9 Å². The van der Waals surface area contributed by atoms with E-state index in [-0.39, 0.29) is 24.3 Å². The second-order valence-corrected chi connectivity index (χ2v) is 42.3. The van der Waals surface area contributed by atoms with Gasteiger partial charge in [-0.1, -0.05) is 133 Å². The maximum absolute atomic E-state index is 8.37. The molecule has 134 heavy (non-hydrogen) atoms. The van der Waals surface area contributed by atoms with Crippen LogP contribution in [0.15, 0.2) is 261 Å². The van der Waals surface area contributed by atoms with E-state index in [2.05, 4.69) is 456 Å². The number of hydrogen-bond acceptors (Lipinski definition) is 9. The minimum atomic E-state index is -0.439. The van der Waals surface area contributed by atoms with Crippen LogP contribution >= 0.6 is 0 Å². The van der Waals surface area contributed by atoms with Gasteiger partial charge >= 0.3 is 0 Å². The number of benzene rings is 16. The van der Waals surface area contributed by atoms with Crippen LogP contribution in [0, 0.1) is 125 Å². The van der Waals surface area contributed by atoms with Gasteiger partial charge in [0.05, 0.1) is 17.1 Å². The van der Waals surface area contributed by atoms with Crippen molar-refractivity contribution in [2.24, 2.45) is 0 Å². The zero-order valence-electron chi connectivity index (χ0n) is 82.0. The topological polar surface area (TPSA) is 47.1 Å². The quantitative estimate of drug-likeness (QED) is 0.111. The second-order valence-electron chi connectivity index (χ2n) is 42.3. The number of ether oxygens (including phenoxy) is 3. The Morgan fingerprint density at radius 3 is 0.642 bits per heavy atom. The Bertz CT molecular complexity index is 7420. The van der Waals surface area contributed by atoms with E-state index < -0.39 is 6.71 Å². The molecule has 0 spiro atoms. The lowest BCUT2D eigenvalue weighted by Crippen LogP contribution is -2.65. The predicted octanol–water partition coefficient (Wildman–Crippen LogP) is 27.5. The molecule has 0 radical (unpaired) electrons. The summed E-state index contributed by atoms with van der Waals surface area (Å²) >= 11 is 0. The van der Waals surface area contributed by atoms with Crippen molar-refractivity contribution in [1.29, 1.82) is 0 Å². The molecule has 0 N–H and O–H groups in total. The molecule has 0 bridgehead atoms. The van der Waals surface area contributed by atoms with E-state index in [4.69, 9.17) is 14.2 Å². The zero-order chi connectivity index (χ0) is 93.3. The van der Waals surface area contributed by atoms with Crippen LogP contribution in [0.2, 0.25) is 0 Å². The molecule has 9 nitrogen and oxygen atoms in total. The highest BCUT2D eigenvalue weighted by Crippen LogP contribution is 2.55. The Hall–Kier alpha value is -14.1. The number of rotatable bonds is 12. The first-order chi connectivity index (χ1) is 63.9. The number of anilines is 18. The van der Waals surface area contributed by atoms with E-state index in [0.29, 0.717) is 0 Å². The van der Waals surface area contributed by atoms with Crippen LogP contribution in [0.3, 0.4) is 0 Å². The summed E-state index contributed by atoms with van der Waals surface area (Å²) in [7, 11) is 0. The first-order valence-electron chi connectivity index (χ1n) is 47.7. The van der Waals surface area contributed by atoms with Crippen molar-refractivity contribution in [3.05, 3.63) is 372 Å². The predicted molar refractivity (Wildman–Crippen MR) is 571 cm³/mol. The normalized spacial score (nSPS) is 13.3. The molecule has 0 aliphatic carbocycles. The Balaban J connectivity index is 0.883. The van der Waals surface area contributed by atoms with E-state index >= 15 is 0 Å². The van der Waals surface area contributed by atoms with Gasteiger partial charge in [0.1, 0.15) is 34.5 Å². The van der Waals surface area contributed by atoms with Gasteiger partial charge in [-0.2, -0.15) is 0 Å². The number of hydrogen-bond donors (Lipinski definition) is 0. The maximum atomic E-state index is 8.37. The maximum Gasteiger partial charge on any atom is 0.256 e. The van der Waals surface area contributed by atoms with Crippen molar-refractivity contribution in [1.82, 2.24) is 0 Å². The van der Waals surface area contributed by atoms with Crippen molar-refractivity contribution in [3.63, 3.8) is 0 Å². The van der Waals surface area contributed by atoms with Crippen LogP contribution in [0.5, 0.6) is 34.5 Å². The van der Waals surface area contributed by atoms with Crippen LogP contribution in [0.4, 0.5) is 102 Å². The Labute approximate surface area is 793 Å². The summed E-state index contributed by atoms with van der Waals surface area (Å²) in [5.74, 6) is 4.90. The first kappa shape index (κ1) is 85.4. The Kier molecular flexibility index (Phi) is 19.9. The molecule has 0 saturated carbocycles. The SMILES string of the molecule is Cc1cc(C)cc(N(c2cc(C)cc(C)c2)c2cc3c4c(c2)N(c2cc(C)cc(C)c2)c2cc5c(cc2B4c2cc(C(C)(C)C)ccc2O3)B2c3cc4c(cc3N(c3cc(C)cc(C)c3)c3cc(N(c6cc(C)cc(C)c6)c6cc(C)cc(C)c6)cc(c32)O5)N(c2cc(C)cc(C)c2)c2cc(N(c3cc(C)cc(C)c3)c3cc(C)cc(C)c3)cc3c2B4c2cc(C(C)(C)C)ccc2O3)c1. The summed E-state index contributed by atoms with van der Waals surface area (Å²) in [6.45, 7) is 53.0. The molecule has 0 atom stereocenters. The molecule has 0 saturated heterocycles. The molecule has 0 unspecified atom stereocenters. The molecule has 16 aromatic carbocycles. The van der Waals surface area contributed by atoms with Gasteiger partial charge in [-0.05, 0) is 441 Å². The van der Waals surface area contributed by atoms with Gasteiger partial charge in [-0.3, -0.25) is 0 Å². The minimum Gasteiger partial charge on any atom is -0.458 e. The average Bonchev–Trinajstić information content (AvgIpc) is 0.676. The third-order valence-corrected chi connectivity index (χ3v) is 28.2. The van der Waals surface area contributed by atoms with Gasteiger partial charge in [0, 0.05) is 110 Å². The molecule has 16 aromatic rings. The Morgan fingerprint density at radius 2 is 0.396 bits per heavy atom. The highest BCUT2D eigenvalue weighted by molar-refractivity contribution is 7.03. The molecule has 0 fully saturated rings. The lowest BCUT2D eigenvalue weighted by Gasteiger charge is -2.46. The zero-order valence-corrected chi connectivity index (χ0v) is 82.0. The second kappa shape index (κ2) is 31.3. The number of nitrogens with zero attached hydrogens (tertiary/aromatic N) is 6. The van der Waals surface area contributed by atoms with Gasteiger partial charge in [0.15, 0.2) is 0 Å². The highest BCUT2D eigenvalue weighted by Gasteiger charge is 2.51. The fraction of sp³-hybridized carbons (Fsp3) is 0.213. The molecule has 12 heteroatoms. The Morgan fingerprint density at radius 1 is 0.187 bits per heavy atom. The van der Waals surface area contributed by atoms with Crippen molar-refractivity contribution in [2.75, 3.05) is 29.4 Å². The van der Waals surface area contributed by atoms with E-state index in [0.717, 1.165) is 197 Å². The molecule has 6 heterocycles. The molecule has 0 amide bonds. The molecular formula is C122H115B3N6O3. The summed E-state index contributed by atoms with van der Waals surface area (Å²) in [6.07, 6.45) is 0. The molecule has 22 rings (SSSR count). The third-order valence-electron chi connectivity index (χ3n) is 28.2. The third kappa shape index (κ3) is 14.6. The summed E-state index contributed by atoms with van der Waals surface area (Å²) in [4.78, 5) is 15.2. The molecule has 6 aliphatic rings. The van der Waals surface area contributed by atoms with Crippen LogP contribution in [0.1, 0.15) is 153 Å². The highest BCUT2D eigenvalue weighted by atomic mass is 16.5. The number of aryl methyl sites for hydroxylation is 18. The van der Waals surface area contributed by atoms with Crippen molar-refractivity contribution in [2.45, 2.75) is 177 Å². The summed E-state index contributed by atoms with van der Waals surface area (Å²) in [6, 6.07) is 102. The van der Waals surface area contributed by atoms with Crippen molar-refractivity contribution < 1.29 is 14.2 Å². The summed E-state index contributed by atoms with van der Waals surface area (Å²) in [5.41, 5.74) is 52.3. The smallest absolute Gasteiger partial charge is 0.256 e. The molecule has 6 aliphatic heterocycles. The van der Waals surface area contributed by atoms with E-state index in [9.17, 15) is 0 Å². The van der Waals surface area contributed by atoms with Gasteiger partial charge < -0.3 is 43.6 Å². The summed E-state index contributed by atoms with van der Waals surface area (Å²) in [5, 5.41) is 0. The van der Waals surface area contributed by atoms with Crippen LogP contribution in [0.25, 0.3) is 0 Å². The van der Waals surface area contributed by atoms with Gasteiger partial charge in [-0.25, -0.2) is 0 Å². The average molecular weight is 1750 g/mol. The first-order valence-corrected chi connectivity index (χ1v) is 47.7.